The number of aromatic nitrogens is 1. The number of hydrogen-bond donors (Lipinski definition) is 0. The minimum atomic E-state index is -0.250. The van der Waals surface area contributed by atoms with Crippen LogP contribution in [0.15, 0.2) is 42.5 Å². The highest BCUT2D eigenvalue weighted by Gasteiger charge is 2.27. The molecule has 0 saturated carbocycles. The SMILES string of the molecule is CCCN1Cc2c(n(-c3ccc(F)cc3)c3ccc(F)cc23)C1.I. The maximum atomic E-state index is 13.7. The van der Waals surface area contributed by atoms with Gasteiger partial charge in [0, 0.05) is 29.9 Å². The summed E-state index contributed by atoms with van der Waals surface area (Å²) >= 11 is 0. The molecule has 0 amide bonds. The van der Waals surface area contributed by atoms with E-state index < -0.39 is 0 Å². The zero-order valence-electron chi connectivity index (χ0n) is 13.4. The summed E-state index contributed by atoms with van der Waals surface area (Å²) in [6.45, 7) is 4.87. The molecule has 0 aliphatic carbocycles. The lowest BCUT2D eigenvalue weighted by Crippen LogP contribution is -2.18. The number of hydrogen-bond acceptors (Lipinski definition) is 1. The van der Waals surface area contributed by atoms with Crippen LogP contribution in [-0.2, 0) is 13.1 Å². The van der Waals surface area contributed by atoms with E-state index >= 15 is 0 Å². The van der Waals surface area contributed by atoms with E-state index in [9.17, 15) is 8.78 Å². The molecule has 24 heavy (non-hydrogen) atoms. The van der Waals surface area contributed by atoms with Crippen molar-refractivity contribution >= 4 is 34.9 Å². The van der Waals surface area contributed by atoms with E-state index in [4.69, 9.17) is 0 Å². The molecular formula is C19H19F2IN2. The smallest absolute Gasteiger partial charge is 0.123 e. The normalized spacial score (nSPS) is 14.0. The van der Waals surface area contributed by atoms with Crippen molar-refractivity contribution in [1.29, 1.82) is 0 Å². The Morgan fingerprint density at radius 1 is 0.958 bits per heavy atom. The molecule has 0 unspecified atom stereocenters. The molecule has 2 nitrogen and oxygen atoms in total. The van der Waals surface area contributed by atoms with Crippen LogP contribution in [0.4, 0.5) is 8.78 Å². The van der Waals surface area contributed by atoms with Crippen LogP contribution in [0.3, 0.4) is 0 Å². The van der Waals surface area contributed by atoms with Crippen LogP contribution in [0.25, 0.3) is 16.6 Å². The van der Waals surface area contributed by atoms with Crippen LogP contribution < -0.4 is 0 Å². The Hall–Kier alpha value is -1.47. The van der Waals surface area contributed by atoms with Crippen LogP contribution in [0.5, 0.6) is 0 Å². The van der Waals surface area contributed by atoms with Gasteiger partial charge in [-0.2, -0.15) is 0 Å². The number of fused-ring (bicyclic) bond motifs is 3. The summed E-state index contributed by atoms with van der Waals surface area (Å²) in [7, 11) is 0. The number of benzene rings is 2. The van der Waals surface area contributed by atoms with Gasteiger partial charge in [0.25, 0.3) is 0 Å². The van der Waals surface area contributed by atoms with Gasteiger partial charge in [0.1, 0.15) is 11.6 Å². The average Bonchev–Trinajstić information content (AvgIpc) is 3.05. The van der Waals surface area contributed by atoms with Crippen molar-refractivity contribution in [2.24, 2.45) is 0 Å². The Bertz CT molecular complexity index is 871. The Balaban J connectivity index is 0.00000169. The molecule has 0 spiro atoms. The van der Waals surface area contributed by atoms with Gasteiger partial charge in [-0.3, -0.25) is 4.90 Å². The molecule has 1 aliphatic heterocycles. The fraction of sp³-hybridized carbons (Fsp3) is 0.263. The van der Waals surface area contributed by atoms with Gasteiger partial charge in [-0.1, -0.05) is 6.92 Å². The number of nitrogens with zero attached hydrogens (tertiary/aromatic N) is 2. The molecule has 1 aromatic heterocycles. The van der Waals surface area contributed by atoms with Gasteiger partial charge >= 0.3 is 0 Å². The van der Waals surface area contributed by atoms with Crippen molar-refractivity contribution in [3.63, 3.8) is 0 Å². The van der Waals surface area contributed by atoms with Crippen LogP contribution >= 0.6 is 24.0 Å². The third kappa shape index (κ3) is 2.84. The molecule has 2 heterocycles. The van der Waals surface area contributed by atoms with E-state index in [1.807, 2.05) is 6.07 Å². The van der Waals surface area contributed by atoms with Gasteiger partial charge in [0.05, 0.1) is 5.52 Å². The highest BCUT2D eigenvalue weighted by atomic mass is 127. The van der Waals surface area contributed by atoms with Gasteiger partial charge in [-0.05, 0) is 61.0 Å². The quantitative estimate of drug-likeness (QED) is 0.505. The average molecular weight is 440 g/mol. The maximum Gasteiger partial charge on any atom is 0.123 e. The Labute approximate surface area is 157 Å². The summed E-state index contributed by atoms with van der Waals surface area (Å²) < 4.78 is 29.1. The summed E-state index contributed by atoms with van der Waals surface area (Å²) in [6, 6.07) is 11.4. The van der Waals surface area contributed by atoms with Gasteiger partial charge in [0.15, 0.2) is 0 Å². The summed E-state index contributed by atoms with van der Waals surface area (Å²) in [4.78, 5) is 2.37. The van der Waals surface area contributed by atoms with Gasteiger partial charge in [-0.15, -0.1) is 24.0 Å². The maximum absolute atomic E-state index is 13.7. The lowest BCUT2D eigenvalue weighted by atomic mass is 10.1. The van der Waals surface area contributed by atoms with Crippen molar-refractivity contribution in [3.05, 3.63) is 65.4 Å². The topological polar surface area (TPSA) is 8.17 Å². The number of rotatable bonds is 3. The second-order valence-corrected chi connectivity index (χ2v) is 6.11. The predicted octanol–water partition coefficient (Wildman–Crippen LogP) is 5.25. The molecule has 3 aromatic rings. The minimum Gasteiger partial charge on any atom is -0.312 e. The Morgan fingerprint density at radius 2 is 1.67 bits per heavy atom. The first-order chi connectivity index (χ1) is 11.2. The first kappa shape index (κ1) is 17.4. The summed E-state index contributed by atoms with van der Waals surface area (Å²) in [5, 5.41) is 0.961. The fourth-order valence-electron chi connectivity index (χ4n) is 3.57. The molecule has 2 aromatic carbocycles. The van der Waals surface area contributed by atoms with Crippen LogP contribution in [0.2, 0.25) is 0 Å². The first-order valence-electron chi connectivity index (χ1n) is 7.97. The van der Waals surface area contributed by atoms with Crippen molar-refractivity contribution < 1.29 is 8.78 Å². The molecule has 1 aliphatic rings. The molecule has 0 saturated heterocycles. The van der Waals surface area contributed by atoms with E-state index in [0.29, 0.717) is 0 Å². The van der Waals surface area contributed by atoms with Crippen LogP contribution in [-0.4, -0.2) is 16.0 Å². The van der Waals surface area contributed by atoms with Crippen molar-refractivity contribution in [1.82, 2.24) is 9.47 Å². The third-order valence-corrected chi connectivity index (χ3v) is 4.52. The Kier molecular flexibility index (Phi) is 4.92. The standard InChI is InChI=1S/C19H18F2N2.HI/c1-2-9-22-11-17-16-10-14(21)5-8-18(16)23(19(17)12-22)15-6-3-13(20)4-7-15;/h3-8,10H,2,9,11-12H2,1H3;1H. The second-order valence-electron chi connectivity index (χ2n) is 6.11. The second kappa shape index (κ2) is 6.80. The lowest BCUT2D eigenvalue weighted by Gasteiger charge is -2.16. The summed E-state index contributed by atoms with van der Waals surface area (Å²) in [5.41, 5.74) is 4.28. The molecule has 0 N–H and O–H groups in total. The number of halogens is 3. The third-order valence-electron chi connectivity index (χ3n) is 4.52. The zero-order valence-corrected chi connectivity index (χ0v) is 15.8. The molecule has 0 fully saturated rings. The molecule has 0 radical (unpaired) electrons. The van der Waals surface area contributed by atoms with Crippen LogP contribution in [0, 0.1) is 11.6 Å². The molecule has 4 rings (SSSR count). The molecule has 5 heteroatoms. The van der Waals surface area contributed by atoms with E-state index in [2.05, 4.69) is 16.4 Å². The molecule has 0 bridgehead atoms. The largest absolute Gasteiger partial charge is 0.312 e. The zero-order chi connectivity index (χ0) is 16.0. The van der Waals surface area contributed by atoms with Crippen molar-refractivity contribution in [2.45, 2.75) is 26.4 Å². The van der Waals surface area contributed by atoms with Crippen molar-refractivity contribution in [3.8, 4) is 5.69 Å². The van der Waals surface area contributed by atoms with Gasteiger partial charge in [0.2, 0.25) is 0 Å². The molecular weight excluding hydrogens is 421 g/mol. The van der Waals surface area contributed by atoms with Crippen LogP contribution in [0.1, 0.15) is 24.6 Å². The molecule has 126 valence electrons. The van der Waals surface area contributed by atoms with E-state index in [1.165, 1.54) is 29.5 Å². The highest BCUT2D eigenvalue weighted by molar-refractivity contribution is 14.0. The van der Waals surface area contributed by atoms with E-state index in [-0.39, 0.29) is 35.6 Å². The minimum absolute atomic E-state index is 0. The lowest BCUT2D eigenvalue weighted by molar-refractivity contribution is 0.282. The predicted molar refractivity (Wildman–Crippen MR) is 103 cm³/mol. The van der Waals surface area contributed by atoms with E-state index in [1.54, 1.807) is 18.2 Å². The van der Waals surface area contributed by atoms with Gasteiger partial charge in [-0.25, -0.2) is 8.78 Å². The highest BCUT2D eigenvalue weighted by Crippen LogP contribution is 2.36. The Morgan fingerprint density at radius 3 is 2.38 bits per heavy atom. The van der Waals surface area contributed by atoms with E-state index in [0.717, 1.165) is 42.6 Å². The van der Waals surface area contributed by atoms with Crippen molar-refractivity contribution in [2.75, 3.05) is 6.54 Å². The monoisotopic (exact) mass is 440 g/mol. The summed E-state index contributed by atoms with van der Waals surface area (Å²) in [5.74, 6) is -0.467. The molecule has 0 atom stereocenters. The summed E-state index contributed by atoms with van der Waals surface area (Å²) in [6.07, 6.45) is 1.09. The fourth-order valence-corrected chi connectivity index (χ4v) is 3.57. The first-order valence-corrected chi connectivity index (χ1v) is 7.97. The van der Waals surface area contributed by atoms with Gasteiger partial charge < -0.3 is 4.57 Å².